The van der Waals surface area contributed by atoms with Gasteiger partial charge in [0.2, 0.25) is 5.88 Å². The van der Waals surface area contributed by atoms with E-state index in [-0.39, 0.29) is 6.10 Å². The van der Waals surface area contributed by atoms with Gasteiger partial charge in [0, 0.05) is 15.7 Å². The van der Waals surface area contributed by atoms with E-state index in [2.05, 4.69) is 15.3 Å². The fourth-order valence-electron chi connectivity index (χ4n) is 1.56. The molecule has 0 amide bonds. The predicted octanol–water partition coefficient (Wildman–Crippen LogP) is 3.90. The van der Waals surface area contributed by atoms with Gasteiger partial charge in [-0.15, -0.1) is 0 Å². The van der Waals surface area contributed by atoms with Crippen molar-refractivity contribution in [1.82, 2.24) is 9.97 Å². The molecule has 0 aliphatic heterocycles. The van der Waals surface area contributed by atoms with Crippen LogP contribution in [0.2, 0.25) is 10.0 Å². The first-order chi connectivity index (χ1) is 9.45. The van der Waals surface area contributed by atoms with E-state index < -0.39 is 0 Å². The van der Waals surface area contributed by atoms with Gasteiger partial charge >= 0.3 is 0 Å². The van der Waals surface area contributed by atoms with E-state index in [0.717, 1.165) is 0 Å². The van der Waals surface area contributed by atoms with E-state index in [1.54, 1.807) is 18.2 Å². The van der Waals surface area contributed by atoms with Crippen LogP contribution in [0.5, 0.6) is 5.88 Å². The molecule has 0 aliphatic carbocycles. The number of halogens is 2. The summed E-state index contributed by atoms with van der Waals surface area (Å²) < 4.78 is 5.50. The number of nitrogens with one attached hydrogen (secondary N) is 1. The van der Waals surface area contributed by atoms with Gasteiger partial charge in [0.1, 0.15) is 12.0 Å². The lowest BCUT2D eigenvalue weighted by Gasteiger charge is -2.14. The van der Waals surface area contributed by atoms with Crippen molar-refractivity contribution in [3.05, 3.63) is 34.6 Å². The Morgan fingerprint density at radius 2 is 1.80 bits per heavy atom. The second-order valence-corrected chi connectivity index (χ2v) is 5.26. The van der Waals surface area contributed by atoms with Crippen molar-refractivity contribution in [2.75, 3.05) is 11.1 Å². The Morgan fingerprint density at radius 3 is 2.40 bits per heavy atom. The van der Waals surface area contributed by atoms with Crippen LogP contribution >= 0.6 is 23.2 Å². The third-order valence-electron chi connectivity index (χ3n) is 2.32. The lowest BCUT2D eigenvalue weighted by molar-refractivity contribution is 0.234. The number of nitrogens with two attached hydrogens (primary N) is 1. The summed E-state index contributed by atoms with van der Waals surface area (Å²) in [6.45, 7) is 3.79. The third kappa shape index (κ3) is 3.65. The average molecular weight is 313 g/mol. The third-order valence-corrected chi connectivity index (χ3v) is 2.76. The smallest absolute Gasteiger partial charge is 0.242 e. The molecule has 0 radical (unpaired) electrons. The van der Waals surface area contributed by atoms with E-state index in [9.17, 15) is 0 Å². The van der Waals surface area contributed by atoms with Crippen LogP contribution in [0.4, 0.5) is 17.2 Å². The van der Waals surface area contributed by atoms with Crippen LogP contribution in [0.3, 0.4) is 0 Å². The highest BCUT2D eigenvalue weighted by molar-refractivity contribution is 6.35. The number of ether oxygens (including phenoxy) is 1. The SMILES string of the molecule is CC(C)Oc1ncnc(Nc2cc(Cl)cc(Cl)c2)c1N. The fourth-order valence-corrected chi connectivity index (χ4v) is 2.08. The molecule has 1 aromatic carbocycles. The summed E-state index contributed by atoms with van der Waals surface area (Å²) in [5.41, 5.74) is 6.99. The molecule has 0 aliphatic rings. The number of rotatable bonds is 4. The molecule has 0 spiro atoms. The number of benzene rings is 1. The molecule has 0 saturated heterocycles. The first kappa shape index (κ1) is 14.7. The highest BCUT2D eigenvalue weighted by Crippen LogP contribution is 2.30. The molecule has 2 aromatic rings. The molecule has 2 rings (SSSR count). The van der Waals surface area contributed by atoms with Crippen molar-refractivity contribution in [1.29, 1.82) is 0 Å². The molecule has 0 unspecified atom stereocenters. The highest BCUT2D eigenvalue weighted by atomic mass is 35.5. The molecule has 3 N–H and O–H groups in total. The van der Waals surface area contributed by atoms with Crippen LogP contribution in [-0.2, 0) is 0 Å². The van der Waals surface area contributed by atoms with Gasteiger partial charge in [-0.25, -0.2) is 4.98 Å². The minimum absolute atomic E-state index is 0.0272. The van der Waals surface area contributed by atoms with Crippen LogP contribution in [0.15, 0.2) is 24.5 Å². The van der Waals surface area contributed by atoms with Gasteiger partial charge in [0.05, 0.1) is 6.10 Å². The summed E-state index contributed by atoms with van der Waals surface area (Å²) >= 11 is 11.9. The quantitative estimate of drug-likeness (QED) is 0.895. The topological polar surface area (TPSA) is 73.1 Å². The summed E-state index contributed by atoms with van der Waals surface area (Å²) in [6.07, 6.45) is 1.35. The van der Waals surface area contributed by atoms with Crippen LogP contribution < -0.4 is 15.8 Å². The first-order valence-electron chi connectivity index (χ1n) is 5.96. The molecule has 0 atom stereocenters. The summed E-state index contributed by atoms with van der Waals surface area (Å²) in [7, 11) is 0. The Hall–Kier alpha value is -1.72. The van der Waals surface area contributed by atoms with Gasteiger partial charge in [0.25, 0.3) is 0 Å². The lowest BCUT2D eigenvalue weighted by atomic mass is 10.3. The largest absolute Gasteiger partial charge is 0.473 e. The zero-order valence-corrected chi connectivity index (χ0v) is 12.5. The zero-order valence-electron chi connectivity index (χ0n) is 11.0. The summed E-state index contributed by atoms with van der Waals surface area (Å²) in [6, 6.07) is 5.08. The van der Waals surface area contributed by atoms with Crippen LogP contribution in [-0.4, -0.2) is 16.1 Å². The van der Waals surface area contributed by atoms with Gasteiger partial charge in [0.15, 0.2) is 5.82 Å². The van der Waals surface area contributed by atoms with Crippen LogP contribution in [0.1, 0.15) is 13.8 Å². The van der Waals surface area contributed by atoms with Crippen molar-refractivity contribution in [3.63, 3.8) is 0 Å². The van der Waals surface area contributed by atoms with Gasteiger partial charge in [-0.05, 0) is 32.0 Å². The second-order valence-electron chi connectivity index (χ2n) is 4.39. The molecular weight excluding hydrogens is 299 g/mol. The van der Waals surface area contributed by atoms with Crippen molar-refractivity contribution in [2.45, 2.75) is 20.0 Å². The maximum Gasteiger partial charge on any atom is 0.242 e. The van der Waals surface area contributed by atoms with Gasteiger partial charge < -0.3 is 15.8 Å². The molecular formula is C13H14Cl2N4O. The molecule has 0 fully saturated rings. The standard InChI is InChI=1S/C13H14Cl2N4O/c1-7(2)20-13-11(16)12(17-6-18-13)19-10-4-8(14)3-9(15)5-10/h3-7H,16H2,1-2H3,(H,17,18,19). The Morgan fingerprint density at radius 1 is 1.15 bits per heavy atom. The molecule has 1 heterocycles. The minimum atomic E-state index is -0.0272. The lowest BCUT2D eigenvalue weighted by Crippen LogP contribution is -2.10. The zero-order chi connectivity index (χ0) is 14.7. The normalized spacial score (nSPS) is 10.7. The molecule has 1 aromatic heterocycles. The molecule has 7 heteroatoms. The number of aromatic nitrogens is 2. The van der Waals surface area contributed by atoms with E-state index in [0.29, 0.717) is 33.1 Å². The molecule has 20 heavy (non-hydrogen) atoms. The van der Waals surface area contributed by atoms with Crippen molar-refractivity contribution in [2.24, 2.45) is 0 Å². The number of hydrogen-bond donors (Lipinski definition) is 2. The molecule has 106 valence electrons. The van der Waals surface area contributed by atoms with E-state index in [4.69, 9.17) is 33.7 Å². The second kappa shape index (κ2) is 6.15. The predicted molar refractivity (Wildman–Crippen MR) is 82.0 cm³/mol. The summed E-state index contributed by atoms with van der Waals surface area (Å²) in [4.78, 5) is 8.09. The van der Waals surface area contributed by atoms with Crippen LogP contribution in [0, 0.1) is 0 Å². The van der Waals surface area contributed by atoms with Gasteiger partial charge in [-0.1, -0.05) is 23.2 Å². The van der Waals surface area contributed by atoms with E-state index >= 15 is 0 Å². The van der Waals surface area contributed by atoms with E-state index in [1.165, 1.54) is 6.33 Å². The van der Waals surface area contributed by atoms with Crippen LogP contribution in [0.25, 0.3) is 0 Å². The monoisotopic (exact) mass is 312 g/mol. The fraction of sp³-hybridized carbons (Fsp3) is 0.231. The maximum absolute atomic E-state index is 5.98. The highest BCUT2D eigenvalue weighted by Gasteiger charge is 2.11. The molecule has 5 nitrogen and oxygen atoms in total. The maximum atomic E-state index is 5.98. The van der Waals surface area contributed by atoms with Crippen molar-refractivity contribution >= 4 is 40.4 Å². The summed E-state index contributed by atoms with van der Waals surface area (Å²) in [5, 5.41) is 4.08. The Bertz CT molecular complexity index is 599. The van der Waals surface area contributed by atoms with Gasteiger partial charge in [-0.3, -0.25) is 0 Å². The van der Waals surface area contributed by atoms with Crippen molar-refractivity contribution < 1.29 is 4.74 Å². The minimum Gasteiger partial charge on any atom is -0.473 e. The number of hydrogen-bond acceptors (Lipinski definition) is 5. The molecule has 0 saturated carbocycles. The Kier molecular flexibility index (Phi) is 4.52. The van der Waals surface area contributed by atoms with Gasteiger partial charge in [-0.2, -0.15) is 4.98 Å². The number of nitrogen functional groups attached to an aromatic ring is 1. The Balaban J connectivity index is 2.29. The Labute approximate surface area is 127 Å². The number of nitrogens with zero attached hydrogens (tertiary/aromatic N) is 2. The van der Waals surface area contributed by atoms with E-state index in [1.807, 2.05) is 13.8 Å². The van der Waals surface area contributed by atoms with Crippen molar-refractivity contribution in [3.8, 4) is 5.88 Å². The summed E-state index contributed by atoms with van der Waals surface area (Å²) in [5.74, 6) is 0.777. The number of anilines is 3. The average Bonchev–Trinajstić information content (AvgIpc) is 2.32. The first-order valence-corrected chi connectivity index (χ1v) is 6.71. The molecule has 0 bridgehead atoms.